The number of amides is 1. The number of carbonyl (C=O) groups excluding carboxylic acids is 1. The second kappa shape index (κ2) is 6.17. The molecule has 0 saturated carbocycles. The van der Waals surface area contributed by atoms with E-state index < -0.39 is 11.7 Å². The fourth-order valence-electron chi connectivity index (χ4n) is 1.72. The van der Waals surface area contributed by atoms with Gasteiger partial charge in [-0.15, -0.1) is 10.2 Å². The third-order valence-electron chi connectivity index (χ3n) is 2.75. The van der Waals surface area contributed by atoms with Crippen molar-refractivity contribution in [1.82, 2.24) is 15.2 Å². The van der Waals surface area contributed by atoms with Crippen LogP contribution in [-0.4, -0.2) is 21.1 Å². The maximum absolute atomic E-state index is 13.0. The standard InChI is InChI=1S/C14H8ClFN4OS/c15-11-7-9(16)1-2-10(11)12(21)18-14-20-19-13(22-14)8-3-5-17-6-4-8/h1-7H,(H,18,20,21). The number of hydrogen-bond donors (Lipinski definition) is 1. The average Bonchev–Trinajstić information content (AvgIpc) is 2.96. The maximum atomic E-state index is 13.0. The molecule has 0 bridgehead atoms. The first-order valence-corrected chi connectivity index (χ1v) is 7.33. The number of aromatic nitrogens is 3. The van der Waals surface area contributed by atoms with Crippen molar-refractivity contribution in [1.29, 1.82) is 0 Å². The molecule has 8 heteroatoms. The Kier molecular flexibility index (Phi) is 4.08. The molecule has 0 unspecified atom stereocenters. The highest BCUT2D eigenvalue weighted by atomic mass is 35.5. The van der Waals surface area contributed by atoms with Gasteiger partial charge in [0.1, 0.15) is 10.8 Å². The van der Waals surface area contributed by atoms with Gasteiger partial charge in [-0.25, -0.2) is 4.39 Å². The van der Waals surface area contributed by atoms with E-state index in [4.69, 9.17) is 11.6 Å². The van der Waals surface area contributed by atoms with Gasteiger partial charge in [0.2, 0.25) is 5.13 Å². The number of carbonyl (C=O) groups is 1. The predicted molar refractivity (Wildman–Crippen MR) is 82.5 cm³/mol. The second-order valence-corrected chi connectivity index (χ2v) is 5.61. The first-order chi connectivity index (χ1) is 10.6. The predicted octanol–water partition coefficient (Wildman–Crippen LogP) is 3.64. The van der Waals surface area contributed by atoms with E-state index in [-0.39, 0.29) is 10.6 Å². The Morgan fingerprint density at radius 2 is 1.95 bits per heavy atom. The summed E-state index contributed by atoms with van der Waals surface area (Å²) in [7, 11) is 0. The normalized spacial score (nSPS) is 10.5. The summed E-state index contributed by atoms with van der Waals surface area (Å²) in [5.41, 5.74) is 1.02. The van der Waals surface area contributed by atoms with Crippen LogP contribution < -0.4 is 5.32 Å². The minimum atomic E-state index is -0.502. The van der Waals surface area contributed by atoms with Crippen LogP contribution in [0.15, 0.2) is 42.7 Å². The molecule has 0 atom stereocenters. The minimum Gasteiger partial charge on any atom is -0.296 e. The number of hydrogen-bond acceptors (Lipinski definition) is 5. The van der Waals surface area contributed by atoms with E-state index in [0.717, 1.165) is 11.6 Å². The number of nitrogens with one attached hydrogen (secondary N) is 1. The van der Waals surface area contributed by atoms with Crippen LogP contribution >= 0.6 is 22.9 Å². The van der Waals surface area contributed by atoms with Crippen molar-refractivity contribution >= 4 is 34.0 Å². The van der Waals surface area contributed by atoms with E-state index in [9.17, 15) is 9.18 Å². The smallest absolute Gasteiger partial charge is 0.259 e. The quantitative estimate of drug-likeness (QED) is 0.794. The number of rotatable bonds is 3. The number of halogens is 2. The van der Waals surface area contributed by atoms with E-state index in [1.165, 1.54) is 23.5 Å². The molecule has 5 nitrogen and oxygen atoms in total. The van der Waals surface area contributed by atoms with Crippen LogP contribution in [0.3, 0.4) is 0 Å². The van der Waals surface area contributed by atoms with Gasteiger partial charge >= 0.3 is 0 Å². The summed E-state index contributed by atoms with van der Waals surface area (Å²) in [4.78, 5) is 16.0. The Morgan fingerprint density at radius 1 is 1.18 bits per heavy atom. The van der Waals surface area contributed by atoms with E-state index in [1.54, 1.807) is 24.5 Å². The first kappa shape index (κ1) is 14.6. The molecule has 0 aliphatic heterocycles. The molecule has 1 N–H and O–H groups in total. The molecule has 0 radical (unpaired) electrons. The van der Waals surface area contributed by atoms with Gasteiger partial charge in [0.25, 0.3) is 5.91 Å². The van der Waals surface area contributed by atoms with Crippen molar-refractivity contribution in [2.75, 3.05) is 5.32 Å². The molecule has 3 aromatic rings. The molecule has 2 heterocycles. The van der Waals surface area contributed by atoms with Crippen molar-refractivity contribution < 1.29 is 9.18 Å². The Labute approximate surface area is 133 Å². The first-order valence-electron chi connectivity index (χ1n) is 6.14. The van der Waals surface area contributed by atoms with E-state index >= 15 is 0 Å². The summed E-state index contributed by atoms with van der Waals surface area (Å²) < 4.78 is 13.0. The van der Waals surface area contributed by atoms with E-state index in [2.05, 4.69) is 20.5 Å². The monoisotopic (exact) mass is 334 g/mol. The highest BCUT2D eigenvalue weighted by molar-refractivity contribution is 7.18. The highest BCUT2D eigenvalue weighted by Crippen LogP contribution is 2.26. The van der Waals surface area contributed by atoms with Gasteiger partial charge in [-0.1, -0.05) is 22.9 Å². The third-order valence-corrected chi connectivity index (χ3v) is 3.95. The molecule has 3 rings (SSSR count). The Balaban J connectivity index is 1.79. The molecule has 0 aliphatic rings. The van der Waals surface area contributed by atoms with Crippen LogP contribution in [0, 0.1) is 5.82 Å². The van der Waals surface area contributed by atoms with Gasteiger partial charge in [0.15, 0.2) is 0 Å². The van der Waals surface area contributed by atoms with Crippen molar-refractivity contribution in [2.45, 2.75) is 0 Å². The van der Waals surface area contributed by atoms with Crippen LogP contribution in [0.25, 0.3) is 10.6 Å². The summed E-state index contributed by atoms with van der Waals surface area (Å²) >= 11 is 7.07. The number of nitrogens with zero attached hydrogens (tertiary/aromatic N) is 3. The number of pyridine rings is 1. The molecular weight excluding hydrogens is 327 g/mol. The lowest BCUT2D eigenvalue weighted by Crippen LogP contribution is -2.12. The maximum Gasteiger partial charge on any atom is 0.259 e. The number of benzene rings is 1. The summed E-state index contributed by atoms with van der Waals surface area (Å²) in [6.07, 6.45) is 3.29. The molecular formula is C14H8ClFN4OS. The van der Waals surface area contributed by atoms with E-state index in [0.29, 0.717) is 10.1 Å². The zero-order chi connectivity index (χ0) is 15.5. The minimum absolute atomic E-state index is 0.0383. The molecule has 0 fully saturated rings. The summed E-state index contributed by atoms with van der Waals surface area (Å²) in [6.45, 7) is 0. The Bertz CT molecular complexity index is 825. The SMILES string of the molecule is O=C(Nc1nnc(-c2ccncc2)s1)c1ccc(F)cc1Cl. The van der Waals surface area contributed by atoms with Crippen molar-refractivity contribution in [3.63, 3.8) is 0 Å². The molecule has 1 aromatic carbocycles. The summed E-state index contributed by atoms with van der Waals surface area (Å²) in [5.74, 6) is -0.972. The van der Waals surface area contributed by atoms with Gasteiger partial charge in [-0.3, -0.25) is 15.1 Å². The van der Waals surface area contributed by atoms with Crippen LogP contribution in [0.5, 0.6) is 0 Å². The molecule has 110 valence electrons. The lowest BCUT2D eigenvalue weighted by molar-refractivity contribution is 0.102. The molecule has 0 spiro atoms. The van der Waals surface area contributed by atoms with Gasteiger partial charge in [0, 0.05) is 18.0 Å². The second-order valence-electron chi connectivity index (χ2n) is 4.23. The third kappa shape index (κ3) is 3.10. The van der Waals surface area contributed by atoms with Crippen molar-refractivity contribution in [2.24, 2.45) is 0 Å². The van der Waals surface area contributed by atoms with Gasteiger partial charge < -0.3 is 0 Å². The van der Waals surface area contributed by atoms with Gasteiger partial charge in [-0.2, -0.15) is 0 Å². The zero-order valence-electron chi connectivity index (χ0n) is 11.0. The Hall–Kier alpha value is -2.38. The summed E-state index contributed by atoms with van der Waals surface area (Å²) in [5, 5.41) is 11.5. The number of anilines is 1. The topological polar surface area (TPSA) is 67.8 Å². The summed E-state index contributed by atoms with van der Waals surface area (Å²) in [6, 6.07) is 7.16. The lowest BCUT2D eigenvalue weighted by Gasteiger charge is -2.03. The van der Waals surface area contributed by atoms with Crippen LogP contribution in [-0.2, 0) is 0 Å². The zero-order valence-corrected chi connectivity index (χ0v) is 12.5. The van der Waals surface area contributed by atoms with Gasteiger partial charge in [0.05, 0.1) is 10.6 Å². The molecule has 2 aromatic heterocycles. The molecule has 0 aliphatic carbocycles. The van der Waals surface area contributed by atoms with Crippen LogP contribution in [0.2, 0.25) is 5.02 Å². The molecule has 22 heavy (non-hydrogen) atoms. The molecule has 1 amide bonds. The van der Waals surface area contributed by atoms with Crippen LogP contribution in [0.4, 0.5) is 9.52 Å². The fourth-order valence-corrected chi connectivity index (χ4v) is 2.72. The highest BCUT2D eigenvalue weighted by Gasteiger charge is 2.14. The van der Waals surface area contributed by atoms with Gasteiger partial charge in [-0.05, 0) is 30.3 Å². The largest absolute Gasteiger partial charge is 0.296 e. The molecule has 0 saturated heterocycles. The van der Waals surface area contributed by atoms with Crippen LogP contribution in [0.1, 0.15) is 10.4 Å². The Morgan fingerprint density at radius 3 is 2.68 bits per heavy atom. The average molecular weight is 335 g/mol. The fraction of sp³-hybridized carbons (Fsp3) is 0. The lowest BCUT2D eigenvalue weighted by atomic mass is 10.2. The van der Waals surface area contributed by atoms with Crippen molar-refractivity contribution in [3.8, 4) is 10.6 Å². The van der Waals surface area contributed by atoms with E-state index in [1.807, 2.05) is 0 Å². The van der Waals surface area contributed by atoms with Crippen molar-refractivity contribution in [3.05, 3.63) is 59.1 Å².